The van der Waals surface area contributed by atoms with Crippen LogP contribution < -0.4 is 12.1 Å². The van der Waals surface area contributed by atoms with Gasteiger partial charge in [-0.2, -0.15) is 0 Å². The van der Waals surface area contributed by atoms with Crippen molar-refractivity contribution in [2.75, 3.05) is 4.90 Å². The zero-order valence-corrected chi connectivity index (χ0v) is 20.6. The van der Waals surface area contributed by atoms with Crippen LogP contribution in [-0.2, 0) is 0 Å². The number of rotatable bonds is 2. The van der Waals surface area contributed by atoms with Crippen LogP contribution in [-0.4, -0.2) is 32.5 Å². The summed E-state index contributed by atoms with van der Waals surface area (Å²) in [6.07, 6.45) is 7.90. The Morgan fingerprint density at radius 2 is 1.24 bits per heavy atom. The number of nitrogens with zero attached hydrogens (tertiary/aromatic N) is 1. The van der Waals surface area contributed by atoms with Crippen LogP contribution in [0.25, 0.3) is 0 Å². The maximum absolute atomic E-state index is 12.8. The predicted octanol–water partition coefficient (Wildman–Crippen LogP) is 4.71. The second kappa shape index (κ2) is 7.53. The summed E-state index contributed by atoms with van der Waals surface area (Å²) >= 11 is -0.398. The first-order valence-electron chi connectivity index (χ1n) is 11.4. The van der Waals surface area contributed by atoms with E-state index in [-0.39, 0.29) is 11.6 Å². The van der Waals surface area contributed by atoms with Crippen molar-refractivity contribution in [1.82, 2.24) is 0 Å². The molecule has 0 atom stereocenters. The number of ketones is 2. The number of benzene rings is 3. The topological polar surface area (TPSA) is 37.4 Å². The normalized spacial score (nSPS) is 17.9. The minimum absolute atomic E-state index is 0.157. The van der Waals surface area contributed by atoms with E-state index in [2.05, 4.69) is 65.6 Å². The third-order valence-corrected chi connectivity index (χ3v) is 10.1. The number of hydrogen-bond acceptors (Lipinski definition) is 3. The Labute approximate surface area is 207 Å². The molecule has 0 spiro atoms. The van der Waals surface area contributed by atoms with Gasteiger partial charge in [0.25, 0.3) is 0 Å². The molecule has 34 heavy (non-hydrogen) atoms. The molecular weight excluding hydrogens is 534 g/mol. The predicted molar refractivity (Wildman–Crippen MR) is 136 cm³/mol. The van der Waals surface area contributed by atoms with Gasteiger partial charge >= 0.3 is 184 Å². The van der Waals surface area contributed by atoms with Gasteiger partial charge in [-0.15, -0.1) is 0 Å². The van der Waals surface area contributed by atoms with Crippen molar-refractivity contribution in [3.8, 4) is 0 Å². The Kier molecular flexibility index (Phi) is 4.42. The zero-order chi connectivity index (χ0) is 22.8. The molecular formula is C30H19NO2Te. The van der Waals surface area contributed by atoms with E-state index in [0.29, 0.717) is 16.7 Å². The molecule has 3 aromatic rings. The van der Waals surface area contributed by atoms with Gasteiger partial charge in [-0.05, 0) is 0 Å². The van der Waals surface area contributed by atoms with E-state index >= 15 is 0 Å². The Bertz CT molecular complexity index is 1490. The molecule has 0 amide bonds. The molecule has 0 saturated carbocycles. The van der Waals surface area contributed by atoms with Crippen LogP contribution in [0.1, 0.15) is 33.6 Å². The monoisotopic (exact) mass is 555 g/mol. The van der Waals surface area contributed by atoms with E-state index in [9.17, 15) is 9.59 Å². The summed E-state index contributed by atoms with van der Waals surface area (Å²) in [5.74, 6) is -0.314. The molecule has 0 N–H and O–H groups in total. The van der Waals surface area contributed by atoms with Gasteiger partial charge in [0, 0.05) is 0 Å². The molecule has 0 aromatic heterocycles. The van der Waals surface area contributed by atoms with Gasteiger partial charge in [0.15, 0.2) is 0 Å². The third kappa shape index (κ3) is 2.96. The number of carbonyl (C=O) groups excluding carboxylic acids is 2. The van der Waals surface area contributed by atoms with E-state index < -0.39 is 20.9 Å². The van der Waals surface area contributed by atoms with Gasteiger partial charge in [-0.1, -0.05) is 24.3 Å². The fourth-order valence-electron chi connectivity index (χ4n) is 5.30. The molecule has 7 rings (SSSR count). The summed E-state index contributed by atoms with van der Waals surface area (Å²) in [6, 6.07) is 24.7. The number of fused-ring (bicyclic) bond motifs is 3. The van der Waals surface area contributed by atoms with Gasteiger partial charge in [0.2, 0.25) is 0 Å². The first kappa shape index (κ1) is 20.0. The maximum atomic E-state index is 12.8. The molecule has 3 aromatic carbocycles. The van der Waals surface area contributed by atoms with E-state index in [1.54, 1.807) is 12.1 Å². The Hall–Kier alpha value is -3.45. The second-order valence-electron chi connectivity index (χ2n) is 8.89. The van der Waals surface area contributed by atoms with Gasteiger partial charge in [0.05, 0.1) is 0 Å². The summed E-state index contributed by atoms with van der Waals surface area (Å²) in [5, 5.41) is 0. The van der Waals surface area contributed by atoms with Crippen LogP contribution in [0.3, 0.4) is 0 Å². The molecule has 3 aliphatic carbocycles. The summed E-state index contributed by atoms with van der Waals surface area (Å²) in [7, 11) is 0. The molecule has 1 heterocycles. The minimum atomic E-state index is -0.398. The van der Waals surface area contributed by atoms with Crippen molar-refractivity contribution in [2.45, 2.75) is 12.8 Å². The van der Waals surface area contributed by atoms with Crippen LogP contribution in [0.15, 0.2) is 119 Å². The van der Waals surface area contributed by atoms with Gasteiger partial charge in [0.1, 0.15) is 0 Å². The van der Waals surface area contributed by atoms with Gasteiger partial charge < -0.3 is 0 Å². The van der Waals surface area contributed by atoms with Crippen LogP contribution in [0.2, 0.25) is 0 Å². The fourth-order valence-corrected chi connectivity index (χ4v) is 8.32. The van der Waals surface area contributed by atoms with Crippen LogP contribution in [0, 0.1) is 0 Å². The first-order valence-corrected chi connectivity index (χ1v) is 13.7. The van der Waals surface area contributed by atoms with E-state index in [4.69, 9.17) is 0 Å². The molecule has 0 unspecified atom stereocenters. The molecule has 4 heteroatoms. The summed E-state index contributed by atoms with van der Waals surface area (Å²) in [4.78, 5) is 28.0. The van der Waals surface area contributed by atoms with Crippen molar-refractivity contribution in [3.63, 3.8) is 0 Å². The van der Waals surface area contributed by atoms with Crippen molar-refractivity contribution >= 4 is 51.1 Å². The van der Waals surface area contributed by atoms with Crippen LogP contribution in [0.5, 0.6) is 0 Å². The molecule has 162 valence electrons. The molecule has 0 bridgehead atoms. The average Bonchev–Trinajstić information content (AvgIpc) is 3.50. The number of allylic oxidation sites excluding steroid dienone is 7. The molecule has 0 fully saturated rings. The van der Waals surface area contributed by atoms with Gasteiger partial charge in [-0.25, -0.2) is 0 Å². The van der Waals surface area contributed by atoms with Crippen molar-refractivity contribution in [1.29, 1.82) is 0 Å². The SMILES string of the molecule is O=C1C(=CC2=CC3=C(C=C(N4c5ccccc5[Te]c5ccccc54)C3)C2)C(=O)c2ccccc21. The molecule has 1 aliphatic heterocycles. The van der Waals surface area contributed by atoms with Crippen LogP contribution >= 0.6 is 0 Å². The number of Topliss-reactive ketones (excluding diaryl/α,β-unsaturated/α-hetero) is 2. The zero-order valence-electron chi connectivity index (χ0n) is 18.2. The van der Waals surface area contributed by atoms with E-state index in [0.717, 1.165) is 18.4 Å². The number of para-hydroxylation sites is 2. The number of anilines is 2. The summed E-state index contributed by atoms with van der Waals surface area (Å²) in [6.45, 7) is 0. The Balaban J connectivity index is 1.18. The first-order chi connectivity index (χ1) is 16.7. The van der Waals surface area contributed by atoms with E-state index in [1.807, 2.05) is 18.2 Å². The minimum Gasteiger partial charge on any atom is -0.0615 e. The molecule has 0 saturated heterocycles. The van der Waals surface area contributed by atoms with Crippen molar-refractivity contribution in [2.24, 2.45) is 0 Å². The number of hydrogen-bond donors (Lipinski definition) is 0. The summed E-state index contributed by atoms with van der Waals surface area (Å²) in [5.41, 5.74) is 8.85. The van der Waals surface area contributed by atoms with E-state index in [1.165, 1.54) is 35.4 Å². The quantitative estimate of drug-likeness (QED) is 0.262. The Morgan fingerprint density at radius 1 is 0.676 bits per heavy atom. The third-order valence-electron chi connectivity index (χ3n) is 6.83. The molecule has 3 nitrogen and oxygen atoms in total. The average molecular weight is 553 g/mol. The number of carbonyl (C=O) groups is 2. The Morgan fingerprint density at radius 3 is 1.85 bits per heavy atom. The van der Waals surface area contributed by atoms with Crippen LogP contribution in [0.4, 0.5) is 11.4 Å². The summed E-state index contributed by atoms with van der Waals surface area (Å²) < 4.78 is 2.94. The second-order valence-corrected chi connectivity index (χ2v) is 12.0. The van der Waals surface area contributed by atoms with Crippen molar-refractivity contribution in [3.05, 3.63) is 130 Å². The van der Waals surface area contributed by atoms with Gasteiger partial charge in [-0.3, -0.25) is 0 Å². The molecule has 0 radical (unpaired) electrons. The molecule has 4 aliphatic rings. The smallest absolute Gasteiger partial charge is 0.0615 e. The van der Waals surface area contributed by atoms with Crippen molar-refractivity contribution < 1.29 is 9.59 Å². The standard InChI is InChI=1S/C30H19NO2Te/c32-29-22-7-1-2-8-23(22)30(33)24(29)15-18-13-19-16-21(17-20(19)14-18)31-25-9-3-5-11-27(25)34-28-12-6-4-10-26(28)31/h1-13,15,17H,14,16H2. The fraction of sp³-hybridized carbons (Fsp3) is 0.0667.